The summed E-state index contributed by atoms with van der Waals surface area (Å²) >= 11 is 3.35. The summed E-state index contributed by atoms with van der Waals surface area (Å²) in [6.07, 6.45) is 2.31. The molecule has 1 aromatic rings. The molecule has 0 aromatic carbocycles. The van der Waals surface area contributed by atoms with Crippen molar-refractivity contribution in [3.8, 4) is 6.07 Å². The Morgan fingerprint density at radius 1 is 1.67 bits per heavy atom. The Hall–Kier alpha value is -0.820. The van der Waals surface area contributed by atoms with E-state index < -0.39 is 0 Å². The number of nitriles is 1. The summed E-state index contributed by atoms with van der Waals surface area (Å²) in [7, 11) is 0. The van der Waals surface area contributed by atoms with Crippen molar-refractivity contribution in [1.82, 2.24) is 9.78 Å². The molecule has 0 amide bonds. The summed E-state index contributed by atoms with van der Waals surface area (Å²) in [6.45, 7) is 1.91. The third-order valence-electron chi connectivity index (χ3n) is 2.01. The number of hydrogen-bond donors (Lipinski definition) is 0. The topological polar surface area (TPSA) is 41.6 Å². The molecule has 0 saturated heterocycles. The molecule has 0 unspecified atom stereocenters. The Morgan fingerprint density at radius 2 is 2.33 bits per heavy atom. The van der Waals surface area contributed by atoms with Crippen molar-refractivity contribution in [2.45, 2.75) is 25.8 Å². The van der Waals surface area contributed by atoms with E-state index in [2.05, 4.69) is 27.1 Å². The predicted octanol–water partition coefficient (Wildman–Crippen LogP) is 2.16. The van der Waals surface area contributed by atoms with E-state index in [-0.39, 0.29) is 0 Å². The lowest BCUT2D eigenvalue weighted by molar-refractivity contribution is 0.627. The van der Waals surface area contributed by atoms with Crippen LogP contribution in [0.2, 0.25) is 0 Å². The van der Waals surface area contributed by atoms with Crippen LogP contribution >= 0.6 is 15.9 Å². The Balaban J connectivity index is 2.54. The van der Waals surface area contributed by atoms with Crippen LogP contribution in [0.3, 0.4) is 0 Å². The van der Waals surface area contributed by atoms with Gasteiger partial charge >= 0.3 is 0 Å². The molecule has 0 spiro atoms. The van der Waals surface area contributed by atoms with Crippen LogP contribution in [0.25, 0.3) is 0 Å². The molecule has 3 nitrogen and oxygen atoms in total. The molecular formula is C8H8BrN3. The SMILES string of the molecule is Cc1nn(C2CC2)c(C#N)c1Br. The van der Waals surface area contributed by atoms with Crippen LogP contribution in [0.1, 0.15) is 30.3 Å². The van der Waals surface area contributed by atoms with E-state index in [4.69, 9.17) is 5.26 Å². The molecule has 2 rings (SSSR count). The van der Waals surface area contributed by atoms with Crippen molar-refractivity contribution in [3.05, 3.63) is 15.9 Å². The van der Waals surface area contributed by atoms with Crippen molar-refractivity contribution < 1.29 is 0 Å². The van der Waals surface area contributed by atoms with Gasteiger partial charge in [-0.1, -0.05) is 0 Å². The zero-order valence-electron chi connectivity index (χ0n) is 6.71. The van der Waals surface area contributed by atoms with Gasteiger partial charge in [0, 0.05) is 0 Å². The molecule has 1 heterocycles. The zero-order chi connectivity index (χ0) is 8.72. The standard InChI is InChI=1S/C8H8BrN3/c1-5-8(9)7(4-10)12(11-5)6-2-3-6/h6H,2-3H2,1H3. The fourth-order valence-corrected chi connectivity index (χ4v) is 1.56. The molecule has 1 fully saturated rings. The summed E-state index contributed by atoms with van der Waals surface area (Å²) in [6, 6.07) is 2.64. The molecule has 0 bridgehead atoms. The van der Waals surface area contributed by atoms with Gasteiger partial charge in [-0.05, 0) is 35.7 Å². The first-order valence-corrected chi connectivity index (χ1v) is 4.68. The average Bonchev–Trinajstić information content (AvgIpc) is 2.82. The fourth-order valence-electron chi connectivity index (χ4n) is 1.21. The van der Waals surface area contributed by atoms with Crippen LogP contribution in [0.15, 0.2) is 4.47 Å². The molecule has 4 heteroatoms. The van der Waals surface area contributed by atoms with Crippen molar-refractivity contribution >= 4 is 15.9 Å². The van der Waals surface area contributed by atoms with Crippen LogP contribution < -0.4 is 0 Å². The van der Waals surface area contributed by atoms with Crippen molar-refractivity contribution in [2.75, 3.05) is 0 Å². The highest BCUT2D eigenvalue weighted by Gasteiger charge is 2.28. The van der Waals surface area contributed by atoms with Crippen LogP contribution in [0, 0.1) is 18.3 Å². The van der Waals surface area contributed by atoms with Gasteiger partial charge in [0.25, 0.3) is 0 Å². The Bertz CT molecular complexity index is 357. The molecule has 0 aliphatic heterocycles. The molecule has 1 saturated carbocycles. The van der Waals surface area contributed by atoms with E-state index in [1.807, 2.05) is 11.6 Å². The second-order valence-electron chi connectivity index (χ2n) is 3.04. The molecule has 1 aliphatic rings. The molecular weight excluding hydrogens is 218 g/mol. The maximum atomic E-state index is 8.85. The number of rotatable bonds is 1. The zero-order valence-corrected chi connectivity index (χ0v) is 8.30. The highest BCUT2D eigenvalue weighted by Crippen LogP contribution is 2.37. The van der Waals surface area contributed by atoms with E-state index in [9.17, 15) is 0 Å². The van der Waals surface area contributed by atoms with Crippen molar-refractivity contribution in [1.29, 1.82) is 5.26 Å². The Morgan fingerprint density at radius 3 is 2.83 bits per heavy atom. The Labute approximate surface area is 79.1 Å². The first kappa shape index (κ1) is 7.81. The number of hydrogen-bond acceptors (Lipinski definition) is 2. The van der Waals surface area contributed by atoms with Crippen LogP contribution in [-0.2, 0) is 0 Å². The number of nitrogens with zero attached hydrogens (tertiary/aromatic N) is 3. The molecule has 12 heavy (non-hydrogen) atoms. The highest BCUT2D eigenvalue weighted by molar-refractivity contribution is 9.10. The fraction of sp³-hybridized carbons (Fsp3) is 0.500. The van der Waals surface area contributed by atoms with Gasteiger partial charge in [-0.3, -0.25) is 4.68 Å². The normalized spacial score (nSPS) is 16.1. The van der Waals surface area contributed by atoms with Gasteiger partial charge < -0.3 is 0 Å². The van der Waals surface area contributed by atoms with Gasteiger partial charge in [0.05, 0.1) is 16.2 Å². The summed E-state index contributed by atoms with van der Waals surface area (Å²) in [5.74, 6) is 0. The third kappa shape index (κ3) is 1.05. The van der Waals surface area contributed by atoms with Crippen LogP contribution in [-0.4, -0.2) is 9.78 Å². The molecule has 1 aromatic heterocycles. The van der Waals surface area contributed by atoms with Gasteiger partial charge in [-0.25, -0.2) is 0 Å². The summed E-state index contributed by atoms with van der Waals surface area (Å²) < 4.78 is 2.68. The number of aryl methyl sites for hydroxylation is 1. The maximum Gasteiger partial charge on any atom is 0.153 e. The summed E-state index contributed by atoms with van der Waals surface area (Å²) in [4.78, 5) is 0. The quantitative estimate of drug-likeness (QED) is 0.736. The molecule has 1 aliphatic carbocycles. The van der Waals surface area contributed by atoms with Gasteiger partial charge in [0.1, 0.15) is 6.07 Å². The first-order chi connectivity index (χ1) is 5.74. The second-order valence-corrected chi connectivity index (χ2v) is 3.83. The summed E-state index contributed by atoms with van der Waals surface area (Å²) in [5, 5.41) is 13.1. The maximum absolute atomic E-state index is 8.85. The van der Waals surface area contributed by atoms with Crippen LogP contribution in [0.5, 0.6) is 0 Å². The van der Waals surface area contributed by atoms with E-state index in [0.29, 0.717) is 11.7 Å². The lowest BCUT2D eigenvalue weighted by Gasteiger charge is -1.96. The van der Waals surface area contributed by atoms with Gasteiger partial charge in [0.15, 0.2) is 5.69 Å². The number of halogens is 1. The van der Waals surface area contributed by atoms with Gasteiger partial charge in [-0.15, -0.1) is 0 Å². The molecule has 0 radical (unpaired) electrons. The van der Waals surface area contributed by atoms with E-state index in [1.54, 1.807) is 0 Å². The lowest BCUT2D eigenvalue weighted by atomic mass is 10.4. The minimum absolute atomic E-state index is 0.477. The van der Waals surface area contributed by atoms with Crippen LogP contribution in [0.4, 0.5) is 0 Å². The largest absolute Gasteiger partial charge is 0.250 e. The predicted molar refractivity (Wildman–Crippen MR) is 47.7 cm³/mol. The van der Waals surface area contributed by atoms with Crippen molar-refractivity contribution in [2.24, 2.45) is 0 Å². The van der Waals surface area contributed by atoms with E-state index in [1.165, 1.54) is 0 Å². The first-order valence-electron chi connectivity index (χ1n) is 3.88. The highest BCUT2D eigenvalue weighted by atomic mass is 79.9. The van der Waals surface area contributed by atoms with Gasteiger partial charge in [-0.2, -0.15) is 10.4 Å². The second kappa shape index (κ2) is 2.60. The smallest absolute Gasteiger partial charge is 0.153 e. The molecule has 0 atom stereocenters. The molecule has 62 valence electrons. The van der Waals surface area contributed by atoms with E-state index in [0.717, 1.165) is 23.0 Å². The van der Waals surface area contributed by atoms with E-state index >= 15 is 0 Å². The third-order valence-corrected chi connectivity index (χ3v) is 2.96. The lowest BCUT2D eigenvalue weighted by Crippen LogP contribution is -1.99. The van der Waals surface area contributed by atoms with Crippen molar-refractivity contribution in [3.63, 3.8) is 0 Å². The minimum Gasteiger partial charge on any atom is -0.250 e. The molecule has 0 N–H and O–H groups in total. The van der Waals surface area contributed by atoms with Gasteiger partial charge in [0.2, 0.25) is 0 Å². The minimum atomic E-state index is 0.477. The number of aromatic nitrogens is 2. The Kier molecular flexibility index (Phi) is 1.69. The average molecular weight is 226 g/mol. The summed E-state index contributed by atoms with van der Waals surface area (Å²) in [5.41, 5.74) is 1.56. The monoisotopic (exact) mass is 225 g/mol.